The second-order valence-electron chi connectivity index (χ2n) is 8.53. The summed E-state index contributed by atoms with van der Waals surface area (Å²) in [5.74, 6) is 0.512. The number of allylic oxidation sites excluding steroid dienone is 1. The highest BCUT2D eigenvalue weighted by Crippen LogP contribution is 2.28. The molecule has 1 rings (SSSR count). The first-order valence-corrected chi connectivity index (χ1v) is 11.3. The van der Waals surface area contributed by atoms with Gasteiger partial charge in [-0.25, -0.2) is 0 Å². The Morgan fingerprint density at radius 2 is 1.66 bits per heavy atom. The van der Waals surface area contributed by atoms with Gasteiger partial charge in [-0.05, 0) is 44.4 Å². The normalized spacial score (nSPS) is 21.9. The second-order valence-corrected chi connectivity index (χ2v) is 8.53. The van der Waals surface area contributed by atoms with Gasteiger partial charge in [0, 0.05) is 24.7 Å². The molecule has 0 radical (unpaired) electrons. The maximum atomic E-state index is 10.9. The van der Waals surface area contributed by atoms with Gasteiger partial charge in [0.1, 0.15) is 18.7 Å². The molecule has 0 saturated heterocycles. The molecule has 1 saturated carbocycles. The van der Waals surface area contributed by atoms with Crippen molar-refractivity contribution >= 4 is 0 Å². The second kappa shape index (κ2) is 15.3. The zero-order valence-electron chi connectivity index (χ0n) is 17.9. The lowest BCUT2D eigenvalue weighted by atomic mass is 9.84. The largest absolute Gasteiger partial charge is 0.379 e. The molecule has 8 heteroatoms. The summed E-state index contributed by atoms with van der Waals surface area (Å²) >= 11 is 0. The molecule has 11 N–H and O–H groups in total. The van der Waals surface area contributed by atoms with Crippen molar-refractivity contribution in [2.75, 3.05) is 6.54 Å². The summed E-state index contributed by atoms with van der Waals surface area (Å²) in [6.45, 7) is 4.09. The monoisotopic (exact) mass is 415 g/mol. The number of aliphatic hydroxyl groups excluding tert-OH is 3. The standard InChI is InChI=1S/C21H45N5O3/c1-2-3-5-10-17(20(24)28)26-21(29)18(13-15-8-6-4-7-9-15)25-19(27)12-11-16(23)14-22/h2,15-21,25-29H,1,3-14,22-24H2. The summed E-state index contributed by atoms with van der Waals surface area (Å²) < 4.78 is 0. The lowest BCUT2D eigenvalue weighted by molar-refractivity contribution is 0.00891. The van der Waals surface area contributed by atoms with Gasteiger partial charge < -0.3 is 32.5 Å². The molecule has 1 aliphatic rings. The van der Waals surface area contributed by atoms with E-state index in [1.807, 2.05) is 6.08 Å². The first-order valence-electron chi connectivity index (χ1n) is 11.3. The number of aliphatic hydroxyl groups is 3. The Morgan fingerprint density at radius 3 is 2.24 bits per heavy atom. The smallest absolute Gasteiger partial charge is 0.120 e. The highest BCUT2D eigenvalue weighted by Gasteiger charge is 2.29. The fourth-order valence-corrected chi connectivity index (χ4v) is 4.06. The minimum Gasteiger partial charge on any atom is -0.379 e. The van der Waals surface area contributed by atoms with Crippen molar-refractivity contribution in [3.05, 3.63) is 12.7 Å². The lowest BCUT2D eigenvalue weighted by Gasteiger charge is -2.34. The highest BCUT2D eigenvalue weighted by atomic mass is 16.3. The predicted molar refractivity (Wildman–Crippen MR) is 118 cm³/mol. The Kier molecular flexibility index (Phi) is 13.9. The molecule has 0 spiro atoms. The molecule has 29 heavy (non-hydrogen) atoms. The zero-order valence-corrected chi connectivity index (χ0v) is 17.9. The number of nitrogens with two attached hydrogens (primary N) is 3. The van der Waals surface area contributed by atoms with Gasteiger partial charge in [0.25, 0.3) is 0 Å². The van der Waals surface area contributed by atoms with Gasteiger partial charge in [0.05, 0.1) is 0 Å². The summed E-state index contributed by atoms with van der Waals surface area (Å²) in [7, 11) is 0. The zero-order chi connectivity index (χ0) is 21.6. The van der Waals surface area contributed by atoms with Crippen LogP contribution in [0.15, 0.2) is 12.7 Å². The van der Waals surface area contributed by atoms with E-state index in [1.54, 1.807) is 0 Å². The molecular weight excluding hydrogens is 370 g/mol. The van der Waals surface area contributed by atoms with Gasteiger partial charge >= 0.3 is 0 Å². The van der Waals surface area contributed by atoms with Crippen LogP contribution in [0.3, 0.4) is 0 Å². The fourth-order valence-electron chi connectivity index (χ4n) is 4.06. The number of hydrogen-bond acceptors (Lipinski definition) is 8. The summed E-state index contributed by atoms with van der Waals surface area (Å²) in [5.41, 5.74) is 17.1. The molecule has 0 aromatic carbocycles. The van der Waals surface area contributed by atoms with Crippen LogP contribution in [0, 0.1) is 5.92 Å². The molecule has 0 bridgehead atoms. The molecule has 0 aromatic rings. The molecule has 6 unspecified atom stereocenters. The Morgan fingerprint density at radius 1 is 0.966 bits per heavy atom. The van der Waals surface area contributed by atoms with Crippen molar-refractivity contribution in [3.63, 3.8) is 0 Å². The van der Waals surface area contributed by atoms with Gasteiger partial charge in [0.15, 0.2) is 0 Å². The van der Waals surface area contributed by atoms with Crippen molar-refractivity contribution < 1.29 is 15.3 Å². The number of nitrogens with one attached hydrogen (secondary N) is 2. The molecule has 0 aliphatic heterocycles. The highest BCUT2D eigenvalue weighted by molar-refractivity contribution is 4.84. The third-order valence-corrected chi connectivity index (χ3v) is 5.93. The molecule has 0 heterocycles. The molecule has 6 atom stereocenters. The van der Waals surface area contributed by atoms with Crippen molar-refractivity contribution in [2.45, 2.75) is 107 Å². The summed E-state index contributed by atoms with van der Waals surface area (Å²) in [4.78, 5) is 0. The Hall–Kier alpha value is -0.580. The topological polar surface area (TPSA) is 163 Å². The summed E-state index contributed by atoms with van der Waals surface area (Å²) in [6, 6.07) is -0.917. The lowest BCUT2D eigenvalue weighted by Crippen LogP contribution is -2.58. The van der Waals surface area contributed by atoms with Crippen LogP contribution in [-0.2, 0) is 0 Å². The van der Waals surface area contributed by atoms with E-state index in [0.29, 0.717) is 31.7 Å². The van der Waals surface area contributed by atoms with E-state index in [2.05, 4.69) is 17.2 Å². The van der Waals surface area contributed by atoms with Crippen molar-refractivity contribution in [2.24, 2.45) is 23.1 Å². The van der Waals surface area contributed by atoms with E-state index >= 15 is 0 Å². The predicted octanol–water partition coefficient (Wildman–Crippen LogP) is 0.210. The summed E-state index contributed by atoms with van der Waals surface area (Å²) in [6.07, 6.45) is 9.12. The Bertz CT molecular complexity index is 421. The average Bonchev–Trinajstić information content (AvgIpc) is 2.71. The molecule has 0 amide bonds. The SMILES string of the molecule is C=CCCCC(NC(O)C(CC1CCCCC1)NC(O)CCC(N)CN)C(N)O. The molecule has 8 nitrogen and oxygen atoms in total. The Balaban J connectivity index is 2.68. The third kappa shape index (κ3) is 11.4. The van der Waals surface area contributed by atoms with Gasteiger partial charge in [-0.1, -0.05) is 38.2 Å². The van der Waals surface area contributed by atoms with E-state index in [0.717, 1.165) is 32.1 Å². The van der Waals surface area contributed by atoms with E-state index in [9.17, 15) is 15.3 Å². The van der Waals surface area contributed by atoms with Crippen LogP contribution in [0.5, 0.6) is 0 Å². The first-order chi connectivity index (χ1) is 13.9. The average molecular weight is 416 g/mol. The first kappa shape index (κ1) is 26.5. The van der Waals surface area contributed by atoms with Crippen molar-refractivity contribution in [1.29, 1.82) is 0 Å². The molecule has 1 aliphatic carbocycles. The minimum absolute atomic E-state index is 0.145. The maximum absolute atomic E-state index is 10.9. The van der Waals surface area contributed by atoms with Gasteiger partial charge in [-0.2, -0.15) is 0 Å². The van der Waals surface area contributed by atoms with Crippen molar-refractivity contribution in [1.82, 2.24) is 10.6 Å². The van der Waals surface area contributed by atoms with E-state index < -0.39 is 24.7 Å². The third-order valence-electron chi connectivity index (χ3n) is 5.93. The van der Waals surface area contributed by atoms with Gasteiger partial charge in [0.2, 0.25) is 0 Å². The van der Waals surface area contributed by atoms with Crippen LogP contribution < -0.4 is 27.8 Å². The maximum Gasteiger partial charge on any atom is 0.120 e. The molecular formula is C21H45N5O3. The van der Waals surface area contributed by atoms with E-state index in [4.69, 9.17) is 17.2 Å². The summed E-state index contributed by atoms with van der Waals surface area (Å²) in [5, 5.41) is 37.4. The van der Waals surface area contributed by atoms with Gasteiger partial charge in [-0.3, -0.25) is 10.6 Å². The molecule has 172 valence electrons. The van der Waals surface area contributed by atoms with Crippen LogP contribution in [0.1, 0.15) is 70.6 Å². The number of rotatable bonds is 16. The van der Waals surface area contributed by atoms with Crippen LogP contribution in [0.4, 0.5) is 0 Å². The van der Waals surface area contributed by atoms with Crippen molar-refractivity contribution in [3.8, 4) is 0 Å². The minimum atomic E-state index is -1.07. The molecule has 1 fully saturated rings. The quantitative estimate of drug-likeness (QED) is 0.101. The Labute approximate surface area is 176 Å². The van der Waals surface area contributed by atoms with Crippen LogP contribution in [0.2, 0.25) is 0 Å². The number of unbranched alkanes of at least 4 members (excludes halogenated alkanes) is 1. The van der Waals surface area contributed by atoms with Gasteiger partial charge in [-0.15, -0.1) is 6.58 Å². The van der Waals surface area contributed by atoms with Crippen LogP contribution >= 0.6 is 0 Å². The molecule has 0 aromatic heterocycles. The van der Waals surface area contributed by atoms with E-state index in [-0.39, 0.29) is 12.1 Å². The van der Waals surface area contributed by atoms with Crippen LogP contribution in [-0.4, -0.2) is 58.7 Å². The number of hydrogen-bond donors (Lipinski definition) is 8. The van der Waals surface area contributed by atoms with Crippen LogP contribution in [0.25, 0.3) is 0 Å². The van der Waals surface area contributed by atoms with E-state index in [1.165, 1.54) is 19.3 Å². The fraction of sp³-hybridized carbons (Fsp3) is 0.905.